The molecule has 3 aliphatic rings. The Hall–Kier alpha value is -12.7. The molecule has 0 aliphatic carbocycles. The SMILES string of the molecule is C.C.C.C.C#C.CCOC(C)=O.CO.COC(=O)[C@@H](CC(=O)[C@@H]1CCCN1C(=O)[C@@H](CC(=O)[C@H](CCC(=O)C(N)=O)NC(=O)OCc1ccccc1)C(C)C)CC(C)C.COC(=O)[C@@H](CC(=O)[C@@H]1CCCN1C(=O)[C@@H](CC(=O)[C@H](CCC(O)C#N)NC(=O)OCc1ccccc1)C(C)C)CC(C)C.COC(=O)[C@@H](CC(=O)[C@@H]1CCCN1C(=O)[C@@H](CC(=O)[C@H](CCC(O)C(N)=O)NC(=O)OCc1ccccc1)C(C)C)CC(C)C.[2H][2H]. The van der Waals surface area contributed by atoms with E-state index in [0.29, 0.717) is 84.0 Å². The Kier molecular flexibility index (Phi) is 72.4. The summed E-state index contributed by atoms with van der Waals surface area (Å²) in [5.74, 6) is -12.3. The Balaban J connectivity index is -0.000000655. The number of methoxy groups -OCH3 is 3. The molecule has 10 N–H and O–H groups in total. The van der Waals surface area contributed by atoms with E-state index >= 15 is 0 Å². The van der Waals surface area contributed by atoms with Gasteiger partial charge in [-0.05, 0) is 149 Å². The molecule has 0 radical (unpaired) electrons. The van der Waals surface area contributed by atoms with Crippen molar-refractivity contribution < 1.29 is 143 Å². The molecule has 2 unspecified atom stereocenters. The third-order valence-corrected chi connectivity index (χ3v) is 24.5. The number of nitrogens with two attached hydrogens (primary N) is 2. The first-order chi connectivity index (χ1) is 69.1. The van der Waals surface area contributed by atoms with Gasteiger partial charge in [0.2, 0.25) is 29.4 Å². The van der Waals surface area contributed by atoms with Crippen LogP contribution in [-0.4, -0.2) is 245 Å². The molecule has 0 aromatic heterocycles. The number of Topliss-reactive ketones (excluding diaryl/α,β-unsaturated/α-hetero) is 7. The van der Waals surface area contributed by atoms with E-state index in [0.717, 1.165) is 23.8 Å². The normalized spacial score (nSPS) is 15.9. The predicted octanol–water partition coefficient (Wildman–Crippen LogP) is 13.2. The van der Waals surface area contributed by atoms with E-state index in [2.05, 4.69) is 33.5 Å². The Labute approximate surface area is 879 Å². The Morgan fingerprint density at radius 1 is 0.432 bits per heavy atom. The molecule has 38 heteroatoms. The molecule has 834 valence electrons. The predicted molar refractivity (Wildman–Crippen MR) is 561 cm³/mol. The van der Waals surface area contributed by atoms with Crippen LogP contribution in [0.1, 0.15) is 281 Å². The van der Waals surface area contributed by atoms with E-state index in [9.17, 15) is 101 Å². The minimum atomic E-state index is -1.52. The fourth-order valence-electron chi connectivity index (χ4n) is 16.9. The molecule has 38 nitrogen and oxygen atoms in total. The number of alkyl carbamates (subject to hydrolysis) is 3. The lowest BCUT2D eigenvalue weighted by atomic mass is 9.86. The average molecular weight is 2090 g/mol. The molecule has 14 atom stereocenters. The zero-order chi connectivity index (χ0) is 111. The van der Waals surface area contributed by atoms with E-state index in [-0.39, 0.29) is 203 Å². The van der Waals surface area contributed by atoms with Crippen LogP contribution >= 0.6 is 0 Å². The molecule has 0 saturated carbocycles. The number of benzene rings is 3. The maximum atomic E-state index is 13.9. The van der Waals surface area contributed by atoms with E-state index in [4.69, 9.17) is 53.2 Å². The highest BCUT2D eigenvalue weighted by Gasteiger charge is 2.46. The molecule has 8 amide bonds. The van der Waals surface area contributed by atoms with Crippen LogP contribution < -0.4 is 27.4 Å². The van der Waals surface area contributed by atoms with Crippen molar-refractivity contribution in [2.45, 2.75) is 330 Å². The molecule has 3 aromatic carbocycles. The number of aliphatic hydroxyl groups is 3. The summed E-state index contributed by atoms with van der Waals surface area (Å²) >= 11 is 0. The number of nitrogens with zero attached hydrogens (tertiary/aromatic N) is 4. The van der Waals surface area contributed by atoms with Crippen molar-refractivity contribution in [2.75, 3.05) is 54.7 Å². The first-order valence-corrected chi connectivity index (χ1v) is 49.2. The standard InChI is InChI=1S/C33H49N3O9.C33H47N3O9.C33H47N3O8.C4H8O2.C2H2.CH4O.4CH4.H2/c2*1-20(2)16-23(32(42)44-5)17-29(39)26-12-9-15-36(26)31(41)24(21(3)4)18-28(38)25(13-14-27(37)30(34)40)35-33(43)45-19-22-10-7-6-8-11-22;1-21(2)16-24(32(41)43-5)17-30(39)28-12-9-15-36(28)31(40)26(22(3)4)18-29(38)27(14-13-25(37)19-34)35-33(42)44-20-23-10-7-6-8-11-23;1-3-6-4(2)5;2*1-2;;;;;/h6-8,10-11,20-21,23-27,37H,9,12-19H2,1-5H3,(H2,34,40)(H,35,43);6-8,10-11,20-21,23-26H,9,12-19H2,1-5H3,(H2,34,40)(H,35,43);6-8,10-11,21-22,24-28,37H,9,12-18,20H2,1-5H3,(H,35,42);3H2,1-2H3;1-2H;2H,1H3;4*1H4;1H/t23-,24+,25+,26+,27?;23-,24+,25+,26+;24-,25?,26+,27+,28+;;;;;;;;/m111......../s1/i;;;;;;;;;;1+1D. The smallest absolute Gasteiger partial charge is 0.408 e. The van der Waals surface area contributed by atoms with Crippen molar-refractivity contribution in [3.05, 3.63) is 108 Å². The van der Waals surface area contributed by atoms with Gasteiger partial charge in [0.1, 0.15) is 32.0 Å². The highest BCUT2D eigenvalue weighted by atomic mass is 16.6. The third kappa shape index (κ3) is 52.8. The van der Waals surface area contributed by atoms with Gasteiger partial charge in [0.15, 0.2) is 34.7 Å². The van der Waals surface area contributed by atoms with E-state index < -0.39 is 155 Å². The minimum absolute atomic E-state index is 0. The number of hydrogen-bond donors (Lipinski definition) is 8. The van der Waals surface area contributed by atoms with Crippen molar-refractivity contribution >= 4 is 112 Å². The summed E-state index contributed by atoms with van der Waals surface area (Å²) < 4.78 is 44.9. The lowest BCUT2D eigenvalue weighted by Crippen LogP contribution is -2.48. The molecule has 148 heavy (non-hydrogen) atoms. The zero-order valence-electron chi connectivity index (χ0n) is 89.1. The van der Waals surface area contributed by atoms with Crippen molar-refractivity contribution in [1.29, 1.82) is 5.26 Å². The van der Waals surface area contributed by atoms with Crippen LogP contribution in [0.3, 0.4) is 0 Å². The van der Waals surface area contributed by atoms with Gasteiger partial charge in [-0.15, -0.1) is 12.8 Å². The Morgan fingerprint density at radius 2 is 0.703 bits per heavy atom. The number of terminal acetylenes is 1. The Bertz CT molecular complexity index is 4650. The molecule has 3 heterocycles. The summed E-state index contributed by atoms with van der Waals surface area (Å²) in [5, 5.41) is 43.3. The minimum Gasteiger partial charge on any atom is -0.469 e. The number of nitriles is 1. The number of ketones is 7. The van der Waals surface area contributed by atoms with Crippen LogP contribution in [0.4, 0.5) is 14.4 Å². The highest BCUT2D eigenvalue weighted by Crippen LogP contribution is 2.34. The van der Waals surface area contributed by atoms with Gasteiger partial charge in [-0.2, -0.15) is 5.26 Å². The van der Waals surface area contributed by atoms with Gasteiger partial charge in [0.05, 0.1) is 88.0 Å². The fraction of sp³-hybridized carbons (Fsp3) is 0.636. The molecule has 0 spiro atoms. The molecular weight excluding hydrogens is 1910 g/mol. The molecule has 0 bridgehead atoms. The second-order valence-corrected chi connectivity index (χ2v) is 37.9. The summed E-state index contributed by atoms with van der Waals surface area (Å²) in [6, 6.07) is 23.0. The molecule has 6 rings (SSSR count). The lowest BCUT2D eigenvalue weighted by Gasteiger charge is -2.31. The monoisotopic (exact) mass is 2090 g/mol. The summed E-state index contributed by atoms with van der Waals surface area (Å²) in [6.45, 7) is 27.1. The van der Waals surface area contributed by atoms with Gasteiger partial charge in [-0.25, -0.2) is 14.4 Å². The number of rotatable bonds is 54. The Morgan fingerprint density at radius 3 is 0.926 bits per heavy atom. The van der Waals surface area contributed by atoms with Gasteiger partial charge in [-0.3, -0.25) is 76.7 Å². The maximum absolute atomic E-state index is 13.9. The number of carbonyl (C=O) groups excluding carboxylic acids is 19. The van der Waals surface area contributed by atoms with E-state index in [1.807, 2.05) is 73.6 Å². The third-order valence-electron chi connectivity index (χ3n) is 24.5. The quantitative estimate of drug-likeness (QED) is 0.00855. The van der Waals surface area contributed by atoms with Crippen molar-refractivity contribution in [1.82, 2.24) is 30.7 Å². The molecule has 3 fully saturated rings. The number of hydrogen-bond acceptors (Lipinski definition) is 30. The number of likely N-dealkylation sites (tertiary alicyclic amines) is 3. The van der Waals surface area contributed by atoms with Gasteiger partial charge in [0.25, 0.3) is 5.91 Å². The summed E-state index contributed by atoms with van der Waals surface area (Å²) in [6.07, 6.45) is 5.38. The van der Waals surface area contributed by atoms with Gasteiger partial charge >= 0.3 is 42.2 Å². The number of amides is 8. The molecule has 3 saturated heterocycles. The van der Waals surface area contributed by atoms with Crippen LogP contribution in [0.15, 0.2) is 91.0 Å². The van der Waals surface area contributed by atoms with Crippen LogP contribution in [0.5, 0.6) is 0 Å². The molecule has 3 aromatic rings. The van der Waals surface area contributed by atoms with Crippen LogP contribution in [0.25, 0.3) is 0 Å². The van der Waals surface area contributed by atoms with Crippen LogP contribution in [0.2, 0.25) is 0 Å². The van der Waals surface area contributed by atoms with Crippen LogP contribution in [0, 0.1) is 95.2 Å². The van der Waals surface area contributed by atoms with Gasteiger partial charge in [0, 0.05) is 99.3 Å². The zero-order valence-corrected chi connectivity index (χ0v) is 87.1. The van der Waals surface area contributed by atoms with Crippen LogP contribution in [-0.2, 0) is 130 Å². The van der Waals surface area contributed by atoms with Crippen molar-refractivity contribution in [3.63, 3.8) is 0 Å². The topological polar surface area (TPSA) is 571 Å². The fourth-order valence-corrected chi connectivity index (χ4v) is 16.9. The number of nitrogens with one attached hydrogen (secondary N) is 3. The number of aliphatic hydroxyl groups excluding tert-OH is 3. The number of carbonyl (C=O) groups is 19. The van der Waals surface area contributed by atoms with Crippen molar-refractivity contribution in [2.24, 2.45) is 82.5 Å². The molecular formula is C110H175N9O29. The number of primary amides is 2. The van der Waals surface area contributed by atoms with Crippen molar-refractivity contribution in [3.8, 4) is 18.9 Å². The van der Waals surface area contributed by atoms with Gasteiger partial charge in [-0.1, -0.05) is 204 Å². The van der Waals surface area contributed by atoms with E-state index in [1.54, 1.807) is 113 Å². The number of ether oxygens (including phenoxy) is 7. The second-order valence-electron chi connectivity index (χ2n) is 37.9. The summed E-state index contributed by atoms with van der Waals surface area (Å²) in [5.41, 5.74) is 12.5. The highest BCUT2D eigenvalue weighted by molar-refractivity contribution is 6.35. The van der Waals surface area contributed by atoms with E-state index in [1.165, 1.54) is 43.0 Å². The maximum Gasteiger partial charge on any atom is 0.408 e. The van der Waals surface area contributed by atoms with Gasteiger partial charge < -0.3 is 90.6 Å². The largest absolute Gasteiger partial charge is 0.469 e. The molecule has 3 aliphatic heterocycles. The first-order valence-electron chi connectivity index (χ1n) is 50.2. The first kappa shape index (κ1) is 139. The second kappa shape index (κ2) is 76.8. The summed E-state index contributed by atoms with van der Waals surface area (Å²) in [7, 11) is 4.86. The average Bonchev–Trinajstić information content (AvgIpc) is 1.68. The number of esters is 4. The summed E-state index contributed by atoms with van der Waals surface area (Å²) in [4.78, 5) is 246. The lowest BCUT2D eigenvalue weighted by molar-refractivity contribution is -0.149.